The van der Waals surface area contributed by atoms with Crippen molar-refractivity contribution < 1.29 is 14.6 Å². The summed E-state index contributed by atoms with van der Waals surface area (Å²) in [6, 6.07) is 11.9. The Bertz CT molecular complexity index is 1080. The van der Waals surface area contributed by atoms with Crippen molar-refractivity contribution in [2.45, 2.75) is 39.7 Å². The van der Waals surface area contributed by atoms with Gasteiger partial charge >= 0.3 is 5.97 Å². The molecule has 1 heterocycles. The molecular weight excluding hydrogens is 382 g/mol. The van der Waals surface area contributed by atoms with Crippen molar-refractivity contribution in [2.24, 2.45) is 0 Å². The molecule has 2 aromatic carbocycles. The number of benzene rings is 2. The molecule has 148 valence electrons. The Kier molecular flexibility index (Phi) is 6.36. The molecule has 29 heavy (non-hydrogen) atoms. The zero-order valence-electron chi connectivity index (χ0n) is 16.7. The lowest BCUT2D eigenvalue weighted by Gasteiger charge is -2.12. The van der Waals surface area contributed by atoms with E-state index in [-0.39, 0.29) is 12.5 Å². The van der Waals surface area contributed by atoms with Gasteiger partial charge in [0.05, 0.1) is 16.5 Å². The third-order valence-corrected chi connectivity index (χ3v) is 5.52. The summed E-state index contributed by atoms with van der Waals surface area (Å²) in [5.74, 6) is 2.63. The fourth-order valence-electron chi connectivity index (χ4n) is 3.06. The molecule has 0 unspecified atom stereocenters. The molecule has 4 nitrogen and oxygen atoms in total. The Morgan fingerprint density at radius 2 is 2.07 bits per heavy atom. The monoisotopic (exact) mass is 405 g/mol. The number of thiazole rings is 1. The minimum atomic E-state index is -0.785. The number of terminal acetylenes is 1. The molecular formula is C24H23NO3S. The van der Waals surface area contributed by atoms with Gasteiger partial charge in [-0.05, 0) is 62.1 Å². The first kappa shape index (κ1) is 20.6. The van der Waals surface area contributed by atoms with Crippen LogP contribution in [0.15, 0.2) is 42.6 Å². The van der Waals surface area contributed by atoms with Crippen LogP contribution in [-0.2, 0) is 11.2 Å². The predicted molar refractivity (Wildman–Crippen MR) is 117 cm³/mol. The van der Waals surface area contributed by atoms with E-state index in [0.29, 0.717) is 12.2 Å². The van der Waals surface area contributed by atoms with Crippen molar-refractivity contribution in [3.8, 4) is 39.1 Å². The molecule has 1 aromatic heterocycles. The summed E-state index contributed by atoms with van der Waals surface area (Å²) in [4.78, 5) is 16.4. The molecule has 1 N–H and O–H groups in total. The third-order valence-electron chi connectivity index (χ3n) is 4.44. The van der Waals surface area contributed by atoms with Gasteiger partial charge in [-0.3, -0.25) is 4.79 Å². The van der Waals surface area contributed by atoms with E-state index in [9.17, 15) is 4.79 Å². The summed E-state index contributed by atoms with van der Waals surface area (Å²) >= 11 is 1.60. The summed E-state index contributed by atoms with van der Waals surface area (Å²) in [5.41, 5.74) is 4.89. The lowest BCUT2D eigenvalue weighted by molar-refractivity contribution is -0.136. The Balaban J connectivity index is 1.86. The normalized spacial score (nSPS) is 10.7. The lowest BCUT2D eigenvalue weighted by atomic mass is 10.0. The standard InChI is InChI=1S/C24H23NO3S/c1-5-18-13-19(8-10-21(18)28-15(2)3)22-14-25-24(29-22)20-9-6-17(12-16(20)4)7-11-23(26)27/h1,6,8-10,12-15H,7,11H2,2-4H3,(H,26,27). The Hall–Kier alpha value is -3.10. The maximum Gasteiger partial charge on any atom is 0.303 e. The van der Waals surface area contributed by atoms with E-state index < -0.39 is 5.97 Å². The SMILES string of the molecule is C#Cc1cc(-c2cnc(-c3ccc(CCC(=O)O)cc3C)s2)ccc1OC(C)C. The molecule has 0 bridgehead atoms. The fourth-order valence-corrected chi connectivity index (χ4v) is 4.06. The average Bonchev–Trinajstić information content (AvgIpc) is 3.16. The summed E-state index contributed by atoms with van der Waals surface area (Å²) in [5, 5.41) is 9.78. The first-order chi connectivity index (χ1) is 13.9. The molecule has 0 aliphatic rings. The molecule has 5 heteroatoms. The summed E-state index contributed by atoms with van der Waals surface area (Å²) in [7, 11) is 0. The number of aliphatic carboxylic acids is 1. The van der Waals surface area contributed by atoms with E-state index in [1.165, 1.54) is 0 Å². The van der Waals surface area contributed by atoms with E-state index >= 15 is 0 Å². The summed E-state index contributed by atoms with van der Waals surface area (Å²) in [6.07, 6.45) is 8.25. The zero-order chi connectivity index (χ0) is 21.0. The molecule has 0 aliphatic heterocycles. The van der Waals surface area contributed by atoms with Gasteiger partial charge in [-0.25, -0.2) is 4.98 Å². The van der Waals surface area contributed by atoms with Crippen LogP contribution in [-0.4, -0.2) is 22.2 Å². The van der Waals surface area contributed by atoms with Gasteiger partial charge in [-0.15, -0.1) is 17.8 Å². The van der Waals surface area contributed by atoms with Crippen molar-refractivity contribution in [3.63, 3.8) is 0 Å². The number of carboxylic acid groups (broad SMARTS) is 1. The van der Waals surface area contributed by atoms with Crippen molar-refractivity contribution in [2.75, 3.05) is 0 Å². The highest BCUT2D eigenvalue weighted by molar-refractivity contribution is 7.18. The van der Waals surface area contributed by atoms with E-state index in [1.54, 1.807) is 11.3 Å². The number of ether oxygens (including phenoxy) is 1. The van der Waals surface area contributed by atoms with E-state index in [0.717, 1.165) is 37.7 Å². The van der Waals surface area contributed by atoms with Gasteiger partial charge in [-0.2, -0.15) is 0 Å². The maximum absolute atomic E-state index is 10.8. The van der Waals surface area contributed by atoms with Gasteiger partial charge in [0.25, 0.3) is 0 Å². The average molecular weight is 406 g/mol. The second kappa shape index (κ2) is 8.93. The highest BCUT2D eigenvalue weighted by Crippen LogP contribution is 2.35. The number of aryl methyl sites for hydroxylation is 2. The molecule has 0 saturated heterocycles. The van der Waals surface area contributed by atoms with Crippen molar-refractivity contribution >= 4 is 17.3 Å². The molecule has 0 aliphatic carbocycles. The van der Waals surface area contributed by atoms with Crippen molar-refractivity contribution in [1.82, 2.24) is 4.98 Å². The molecule has 0 saturated carbocycles. The molecule has 0 fully saturated rings. The van der Waals surface area contributed by atoms with Gasteiger partial charge in [0.1, 0.15) is 10.8 Å². The second-order valence-electron chi connectivity index (χ2n) is 7.09. The van der Waals surface area contributed by atoms with Crippen LogP contribution in [0.5, 0.6) is 5.75 Å². The van der Waals surface area contributed by atoms with E-state index in [4.69, 9.17) is 16.3 Å². The Morgan fingerprint density at radius 1 is 1.28 bits per heavy atom. The fraction of sp³-hybridized carbons (Fsp3) is 0.250. The van der Waals surface area contributed by atoms with Crippen LogP contribution < -0.4 is 4.74 Å². The van der Waals surface area contributed by atoms with Crippen molar-refractivity contribution in [1.29, 1.82) is 0 Å². The van der Waals surface area contributed by atoms with E-state index in [2.05, 4.69) is 10.9 Å². The first-order valence-electron chi connectivity index (χ1n) is 9.42. The number of aromatic nitrogens is 1. The minimum absolute atomic E-state index is 0.0596. The largest absolute Gasteiger partial charge is 0.490 e. The topological polar surface area (TPSA) is 59.4 Å². The van der Waals surface area contributed by atoms with Gasteiger partial charge in [0.2, 0.25) is 0 Å². The van der Waals surface area contributed by atoms with E-state index in [1.807, 2.05) is 63.4 Å². The Morgan fingerprint density at radius 3 is 2.72 bits per heavy atom. The number of hydrogen-bond donors (Lipinski definition) is 1. The highest BCUT2D eigenvalue weighted by atomic mass is 32.1. The molecule has 0 radical (unpaired) electrons. The predicted octanol–water partition coefficient (Wildman–Crippen LogP) is 5.57. The van der Waals surface area contributed by atoms with Crippen LogP contribution in [0.2, 0.25) is 0 Å². The minimum Gasteiger partial charge on any atom is -0.490 e. The number of rotatable bonds is 7. The van der Waals surface area contributed by atoms with Crippen LogP contribution >= 0.6 is 11.3 Å². The first-order valence-corrected chi connectivity index (χ1v) is 10.2. The van der Waals surface area contributed by atoms with Gasteiger partial charge in [0.15, 0.2) is 0 Å². The summed E-state index contributed by atoms with van der Waals surface area (Å²) in [6.45, 7) is 5.97. The number of carbonyl (C=O) groups is 1. The number of carboxylic acids is 1. The van der Waals surface area contributed by atoms with Crippen LogP contribution in [0.4, 0.5) is 0 Å². The second-order valence-corrected chi connectivity index (χ2v) is 8.13. The maximum atomic E-state index is 10.8. The number of nitrogens with zero attached hydrogens (tertiary/aromatic N) is 1. The smallest absolute Gasteiger partial charge is 0.303 e. The van der Waals surface area contributed by atoms with Gasteiger partial charge in [-0.1, -0.05) is 24.1 Å². The third kappa shape index (κ3) is 5.04. The quantitative estimate of drug-likeness (QED) is 0.522. The lowest BCUT2D eigenvalue weighted by Crippen LogP contribution is -2.06. The number of hydrogen-bond acceptors (Lipinski definition) is 4. The van der Waals surface area contributed by atoms with Crippen LogP contribution in [0.3, 0.4) is 0 Å². The summed E-state index contributed by atoms with van der Waals surface area (Å²) < 4.78 is 5.77. The van der Waals surface area contributed by atoms with Crippen LogP contribution in [0.1, 0.15) is 37.0 Å². The molecule has 0 atom stereocenters. The van der Waals surface area contributed by atoms with Crippen molar-refractivity contribution in [3.05, 3.63) is 59.3 Å². The molecule has 0 amide bonds. The molecule has 3 aromatic rings. The molecule has 0 spiro atoms. The van der Waals surface area contributed by atoms with Crippen LogP contribution in [0, 0.1) is 19.3 Å². The van der Waals surface area contributed by atoms with Gasteiger partial charge < -0.3 is 9.84 Å². The Labute approximate surface area is 175 Å². The zero-order valence-corrected chi connectivity index (χ0v) is 17.5. The highest BCUT2D eigenvalue weighted by Gasteiger charge is 2.12. The van der Waals surface area contributed by atoms with Gasteiger partial charge in [0, 0.05) is 18.2 Å². The molecule has 3 rings (SSSR count). The van der Waals surface area contributed by atoms with Crippen LogP contribution in [0.25, 0.3) is 21.0 Å².